The van der Waals surface area contributed by atoms with E-state index < -0.39 is 9.05 Å². The summed E-state index contributed by atoms with van der Waals surface area (Å²) < 4.78 is 24.7. The molecular formula is C11H12ClN3O2S2. The van der Waals surface area contributed by atoms with Crippen LogP contribution in [0.4, 0.5) is 0 Å². The highest BCUT2D eigenvalue weighted by Crippen LogP contribution is 2.41. The first kappa shape index (κ1) is 13.1. The quantitative estimate of drug-likeness (QED) is 0.813. The largest absolute Gasteiger partial charge is 0.296 e. The van der Waals surface area contributed by atoms with Crippen molar-refractivity contribution in [2.24, 2.45) is 0 Å². The Morgan fingerprint density at radius 3 is 2.68 bits per heavy atom. The van der Waals surface area contributed by atoms with Gasteiger partial charge in [-0.2, -0.15) is 0 Å². The van der Waals surface area contributed by atoms with Crippen LogP contribution in [0.1, 0.15) is 30.7 Å². The van der Waals surface area contributed by atoms with Crippen LogP contribution in [0.15, 0.2) is 17.3 Å². The number of hydrogen-bond donors (Lipinski definition) is 0. The Bertz CT molecular complexity index is 716. The fraction of sp³-hybridized carbons (Fsp3) is 0.455. The van der Waals surface area contributed by atoms with Gasteiger partial charge in [-0.15, -0.1) is 21.5 Å². The van der Waals surface area contributed by atoms with E-state index in [4.69, 9.17) is 10.7 Å². The van der Waals surface area contributed by atoms with Gasteiger partial charge in [0, 0.05) is 21.6 Å². The van der Waals surface area contributed by atoms with E-state index >= 15 is 0 Å². The Hall–Kier alpha value is -0.920. The third-order valence-corrected chi connectivity index (χ3v) is 5.38. The molecule has 1 fully saturated rings. The molecule has 3 rings (SSSR count). The maximum Gasteiger partial charge on any atom is 0.296 e. The van der Waals surface area contributed by atoms with Crippen LogP contribution >= 0.6 is 22.0 Å². The van der Waals surface area contributed by atoms with Crippen LogP contribution in [-0.4, -0.2) is 23.2 Å². The zero-order chi connectivity index (χ0) is 13.6. The SMILES string of the molecule is CCc1ccc(-c2nnc(S(=O)(=O)Cl)n2C2CC2)s1. The lowest BCUT2D eigenvalue weighted by atomic mass is 10.3. The summed E-state index contributed by atoms with van der Waals surface area (Å²) in [6.07, 6.45) is 2.83. The van der Waals surface area contributed by atoms with Crippen molar-refractivity contribution in [3.8, 4) is 10.7 Å². The van der Waals surface area contributed by atoms with Gasteiger partial charge in [-0.05, 0) is 31.4 Å². The molecule has 0 unspecified atom stereocenters. The van der Waals surface area contributed by atoms with Gasteiger partial charge in [0.25, 0.3) is 14.2 Å². The Kier molecular flexibility index (Phi) is 3.15. The summed E-state index contributed by atoms with van der Waals surface area (Å²) >= 11 is 1.61. The molecule has 2 aromatic heterocycles. The number of halogens is 1. The fourth-order valence-electron chi connectivity index (χ4n) is 1.96. The zero-order valence-corrected chi connectivity index (χ0v) is 12.6. The number of nitrogens with zero attached hydrogens (tertiary/aromatic N) is 3. The molecule has 0 atom stereocenters. The monoisotopic (exact) mass is 317 g/mol. The summed E-state index contributed by atoms with van der Waals surface area (Å²) in [6, 6.07) is 4.14. The number of rotatable bonds is 4. The second-order valence-electron chi connectivity index (χ2n) is 4.46. The molecule has 2 aromatic rings. The zero-order valence-electron chi connectivity index (χ0n) is 10.2. The molecule has 0 spiro atoms. The standard InChI is InChI=1S/C11H12ClN3O2S2/c1-2-8-5-6-9(18-8)10-13-14-11(19(12,16)17)15(10)7-3-4-7/h5-7H,2-4H2,1H3. The Morgan fingerprint density at radius 2 is 2.16 bits per heavy atom. The third kappa shape index (κ3) is 2.42. The molecule has 0 N–H and O–H groups in total. The summed E-state index contributed by atoms with van der Waals surface area (Å²) in [5.74, 6) is 0.603. The first-order valence-electron chi connectivity index (χ1n) is 5.99. The molecule has 5 nitrogen and oxygen atoms in total. The molecule has 0 aliphatic heterocycles. The Morgan fingerprint density at radius 1 is 1.42 bits per heavy atom. The van der Waals surface area contributed by atoms with Crippen LogP contribution in [0.3, 0.4) is 0 Å². The predicted octanol–water partition coefficient (Wildman–Crippen LogP) is 2.83. The van der Waals surface area contributed by atoms with Gasteiger partial charge in [-0.25, -0.2) is 8.42 Å². The van der Waals surface area contributed by atoms with E-state index in [1.807, 2.05) is 12.1 Å². The molecule has 19 heavy (non-hydrogen) atoms. The minimum atomic E-state index is -3.86. The number of thiophene rings is 1. The van der Waals surface area contributed by atoms with Crippen molar-refractivity contribution in [2.75, 3.05) is 0 Å². The van der Waals surface area contributed by atoms with Crippen LogP contribution in [0, 0.1) is 0 Å². The van der Waals surface area contributed by atoms with Crippen LogP contribution < -0.4 is 0 Å². The molecule has 0 bridgehead atoms. The highest BCUT2D eigenvalue weighted by molar-refractivity contribution is 8.13. The van der Waals surface area contributed by atoms with Gasteiger partial charge >= 0.3 is 0 Å². The summed E-state index contributed by atoms with van der Waals surface area (Å²) in [4.78, 5) is 2.17. The molecule has 0 radical (unpaired) electrons. The van der Waals surface area contributed by atoms with Gasteiger partial charge in [0.05, 0.1) is 4.88 Å². The van der Waals surface area contributed by atoms with Crippen molar-refractivity contribution < 1.29 is 8.42 Å². The lowest BCUT2D eigenvalue weighted by Crippen LogP contribution is -2.05. The lowest BCUT2D eigenvalue weighted by Gasteiger charge is -2.05. The average molecular weight is 318 g/mol. The molecule has 0 amide bonds. The van der Waals surface area contributed by atoms with Gasteiger partial charge < -0.3 is 0 Å². The number of aryl methyl sites for hydroxylation is 1. The van der Waals surface area contributed by atoms with Crippen LogP contribution in [0.5, 0.6) is 0 Å². The summed E-state index contributed by atoms with van der Waals surface area (Å²) in [5, 5.41) is 7.64. The second-order valence-corrected chi connectivity index (χ2v) is 8.09. The molecular weight excluding hydrogens is 306 g/mol. The Balaban J connectivity index is 2.14. The van der Waals surface area contributed by atoms with Crippen molar-refractivity contribution in [2.45, 2.75) is 37.4 Å². The maximum atomic E-state index is 11.5. The van der Waals surface area contributed by atoms with E-state index in [0.717, 1.165) is 24.1 Å². The van der Waals surface area contributed by atoms with E-state index in [9.17, 15) is 8.42 Å². The molecule has 102 valence electrons. The molecule has 1 saturated carbocycles. The highest BCUT2D eigenvalue weighted by atomic mass is 35.7. The number of hydrogen-bond acceptors (Lipinski definition) is 5. The van der Waals surface area contributed by atoms with Gasteiger partial charge in [0.2, 0.25) is 0 Å². The smallest absolute Gasteiger partial charge is 0.293 e. The van der Waals surface area contributed by atoms with E-state index in [0.29, 0.717) is 5.82 Å². The van der Waals surface area contributed by atoms with E-state index in [-0.39, 0.29) is 11.2 Å². The number of aromatic nitrogens is 3. The minimum absolute atomic E-state index is 0.141. The molecule has 8 heteroatoms. The topological polar surface area (TPSA) is 64.8 Å². The normalized spacial score (nSPS) is 15.9. The third-order valence-electron chi connectivity index (χ3n) is 3.03. The average Bonchev–Trinajstić information content (AvgIpc) is 2.92. The predicted molar refractivity (Wildman–Crippen MR) is 74.0 cm³/mol. The summed E-state index contributed by atoms with van der Waals surface area (Å²) in [6.45, 7) is 2.08. The first-order chi connectivity index (χ1) is 9.00. The van der Waals surface area contributed by atoms with Crippen molar-refractivity contribution in [3.05, 3.63) is 17.0 Å². The fourth-order valence-corrected chi connectivity index (χ4v) is 3.82. The first-order valence-corrected chi connectivity index (χ1v) is 9.12. The minimum Gasteiger partial charge on any atom is -0.293 e. The molecule has 0 saturated heterocycles. The van der Waals surface area contributed by atoms with E-state index in [2.05, 4.69) is 17.1 Å². The van der Waals surface area contributed by atoms with E-state index in [1.165, 1.54) is 4.88 Å². The van der Waals surface area contributed by atoms with Gasteiger partial charge in [-0.3, -0.25) is 4.57 Å². The molecule has 0 aromatic carbocycles. The van der Waals surface area contributed by atoms with Crippen LogP contribution in [0.2, 0.25) is 0 Å². The van der Waals surface area contributed by atoms with Crippen molar-refractivity contribution in [3.63, 3.8) is 0 Å². The van der Waals surface area contributed by atoms with Gasteiger partial charge in [-0.1, -0.05) is 6.92 Å². The van der Waals surface area contributed by atoms with Gasteiger partial charge in [0.15, 0.2) is 5.82 Å². The lowest BCUT2D eigenvalue weighted by molar-refractivity contribution is 0.579. The molecule has 1 aliphatic rings. The highest BCUT2D eigenvalue weighted by Gasteiger charge is 2.34. The molecule has 1 aliphatic carbocycles. The Labute approximate surface area is 119 Å². The maximum absolute atomic E-state index is 11.5. The van der Waals surface area contributed by atoms with Gasteiger partial charge in [0.1, 0.15) is 0 Å². The van der Waals surface area contributed by atoms with Crippen LogP contribution in [-0.2, 0) is 15.5 Å². The second kappa shape index (κ2) is 4.57. The summed E-state index contributed by atoms with van der Waals surface area (Å²) in [5.41, 5.74) is 0. The summed E-state index contributed by atoms with van der Waals surface area (Å²) in [7, 11) is 1.56. The van der Waals surface area contributed by atoms with Crippen molar-refractivity contribution in [1.29, 1.82) is 0 Å². The van der Waals surface area contributed by atoms with Crippen LogP contribution in [0.25, 0.3) is 10.7 Å². The van der Waals surface area contributed by atoms with Crippen molar-refractivity contribution in [1.82, 2.24) is 14.8 Å². The van der Waals surface area contributed by atoms with E-state index in [1.54, 1.807) is 15.9 Å². The van der Waals surface area contributed by atoms with Crippen molar-refractivity contribution >= 4 is 31.1 Å². The molecule has 2 heterocycles.